The molecule has 0 fully saturated rings. The molecule has 0 saturated heterocycles. The summed E-state index contributed by atoms with van der Waals surface area (Å²) in [5, 5.41) is 17.4. The average molecular weight is 255 g/mol. The van der Waals surface area contributed by atoms with Crippen molar-refractivity contribution in [3.05, 3.63) is 58.8 Å². The van der Waals surface area contributed by atoms with Crippen molar-refractivity contribution >= 4 is 5.88 Å². The summed E-state index contributed by atoms with van der Waals surface area (Å²) < 4.78 is 5.18. The molecule has 1 N–H and O–H groups in total. The van der Waals surface area contributed by atoms with Crippen molar-refractivity contribution in [2.75, 3.05) is 0 Å². The Kier molecular flexibility index (Phi) is 2.60. The van der Waals surface area contributed by atoms with Crippen molar-refractivity contribution in [3.8, 4) is 22.6 Å². The minimum absolute atomic E-state index is 0.288. The number of nitro groups is 1. The fourth-order valence-corrected chi connectivity index (χ4v) is 1.87. The zero-order valence-corrected chi connectivity index (χ0v) is 9.74. The first-order valence-corrected chi connectivity index (χ1v) is 5.59. The second kappa shape index (κ2) is 4.41. The zero-order chi connectivity index (χ0) is 13.2. The Morgan fingerprint density at radius 2 is 1.95 bits per heavy atom. The van der Waals surface area contributed by atoms with E-state index in [2.05, 4.69) is 10.2 Å². The number of benzene rings is 1. The van der Waals surface area contributed by atoms with E-state index in [0.29, 0.717) is 11.5 Å². The van der Waals surface area contributed by atoms with Gasteiger partial charge in [-0.05, 0) is 11.6 Å². The number of rotatable bonds is 3. The van der Waals surface area contributed by atoms with Crippen LogP contribution in [0.1, 0.15) is 0 Å². The third-order valence-corrected chi connectivity index (χ3v) is 2.74. The van der Waals surface area contributed by atoms with E-state index in [-0.39, 0.29) is 5.88 Å². The summed E-state index contributed by atoms with van der Waals surface area (Å²) in [6.45, 7) is 0. The molecule has 0 aliphatic carbocycles. The molecule has 0 unspecified atom stereocenters. The topological polar surface area (TPSA) is 85.0 Å². The molecule has 6 nitrogen and oxygen atoms in total. The Hall–Kier alpha value is -2.89. The summed E-state index contributed by atoms with van der Waals surface area (Å²) in [6, 6.07) is 12.5. The molecular formula is C13H9N3O3. The lowest BCUT2D eigenvalue weighted by atomic mass is 10.1. The Balaban J connectivity index is 2.07. The van der Waals surface area contributed by atoms with Crippen molar-refractivity contribution in [1.82, 2.24) is 10.2 Å². The highest BCUT2D eigenvalue weighted by Gasteiger charge is 2.17. The van der Waals surface area contributed by atoms with E-state index in [1.807, 2.05) is 30.3 Å². The average Bonchev–Trinajstić information content (AvgIpc) is 3.08. The zero-order valence-electron chi connectivity index (χ0n) is 9.74. The number of H-pyrrole nitrogens is 1. The van der Waals surface area contributed by atoms with Gasteiger partial charge in [0.2, 0.25) is 0 Å². The second-order valence-corrected chi connectivity index (χ2v) is 3.92. The molecule has 94 valence electrons. The standard InChI is InChI=1S/C13H9N3O3/c17-16(18)12-7-6-11(19-12)13-10(8-14-15-13)9-4-2-1-3-5-9/h1-8H,(H,14,15). The first kappa shape index (κ1) is 11.2. The summed E-state index contributed by atoms with van der Waals surface area (Å²) >= 11 is 0. The normalized spacial score (nSPS) is 10.5. The molecule has 3 aromatic rings. The largest absolute Gasteiger partial charge is 0.433 e. The third kappa shape index (κ3) is 1.99. The van der Waals surface area contributed by atoms with Crippen molar-refractivity contribution in [2.45, 2.75) is 0 Å². The fourth-order valence-electron chi connectivity index (χ4n) is 1.87. The van der Waals surface area contributed by atoms with Crippen LogP contribution < -0.4 is 0 Å². The van der Waals surface area contributed by atoms with Crippen molar-refractivity contribution < 1.29 is 9.34 Å². The minimum atomic E-state index is -0.567. The van der Waals surface area contributed by atoms with E-state index < -0.39 is 4.92 Å². The van der Waals surface area contributed by atoms with Gasteiger partial charge in [0.1, 0.15) is 10.6 Å². The Bertz CT molecular complexity index is 716. The second-order valence-electron chi connectivity index (χ2n) is 3.92. The van der Waals surface area contributed by atoms with Crippen LogP contribution in [-0.2, 0) is 0 Å². The first-order valence-electron chi connectivity index (χ1n) is 5.59. The molecule has 0 aliphatic heterocycles. The number of nitrogens with zero attached hydrogens (tertiary/aromatic N) is 2. The van der Waals surface area contributed by atoms with Crippen LogP contribution in [0.4, 0.5) is 5.88 Å². The van der Waals surface area contributed by atoms with Gasteiger partial charge in [0.25, 0.3) is 0 Å². The maximum absolute atomic E-state index is 10.6. The van der Waals surface area contributed by atoms with Gasteiger partial charge in [0.05, 0.1) is 12.3 Å². The highest BCUT2D eigenvalue weighted by molar-refractivity contribution is 5.78. The van der Waals surface area contributed by atoms with Crippen LogP contribution in [0.2, 0.25) is 0 Å². The molecule has 0 spiro atoms. The van der Waals surface area contributed by atoms with Gasteiger partial charge in [-0.2, -0.15) is 5.10 Å². The van der Waals surface area contributed by atoms with E-state index >= 15 is 0 Å². The van der Waals surface area contributed by atoms with Gasteiger partial charge in [-0.25, -0.2) is 0 Å². The van der Waals surface area contributed by atoms with Gasteiger partial charge < -0.3 is 4.42 Å². The van der Waals surface area contributed by atoms with Crippen LogP contribution in [0.25, 0.3) is 22.6 Å². The van der Waals surface area contributed by atoms with E-state index in [9.17, 15) is 10.1 Å². The van der Waals surface area contributed by atoms with Gasteiger partial charge in [0.15, 0.2) is 5.76 Å². The molecule has 0 radical (unpaired) electrons. The number of aromatic amines is 1. The van der Waals surface area contributed by atoms with Crippen molar-refractivity contribution in [3.63, 3.8) is 0 Å². The SMILES string of the molecule is O=[N+]([O-])c1ccc(-c2[nH]ncc2-c2ccccc2)o1. The van der Waals surface area contributed by atoms with Gasteiger partial charge in [-0.1, -0.05) is 30.3 Å². The van der Waals surface area contributed by atoms with Crippen LogP contribution in [0.3, 0.4) is 0 Å². The molecule has 2 aromatic heterocycles. The molecule has 2 heterocycles. The minimum Gasteiger partial charge on any atom is -0.399 e. The van der Waals surface area contributed by atoms with E-state index in [0.717, 1.165) is 11.1 Å². The molecule has 19 heavy (non-hydrogen) atoms. The Morgan fingerprint density at radius 1 is 1.16 bits per heavy atom. The summed E-state index contributed by atoms with van der Waals surface area (Å²) in [5.74, 6) is 0.103. The Morgan fingerprint density at radius 3 is 2.63 bits per heavy atom. The molecule has 3 rings (SSSR count). The molecular weight excluding hydrogens is 246 g/mol. The number of furan rings is 1. The number of hydrogen-bond acceptors (Lipinski definition) is 4. The quantitative estimate of drug-likeness (QED) is 0.575. The predicted molar refractivity (Wildman–Crippen MR) is 68.4 cm³/mol. The lowest BCUT2D eigenvalue weighted by molar-refractivity contribution is -0.401. The van der Waals surface area contributed by atoms with Crippen LogP contribution in [0.5, 0.6) is 0 Å². The highest BCUT2D eigenvalue weighted by Crippen LogP contribution is 2.32. The Labute approximate surface area is 107 Å². The summed E-state index contributed by atoms with van der Waals surface area (Å²) in [7, 11) is 0. The summed E-state index contributed by atoms with van der Waals surface area (Å²) in [6.07, 6.45) is 1.67. The van der Waals surface area contributed by atoms with Gasteiger partial charge in [0, 0.05) is 5.56 Å². The third-order valence-electron chi connectivity index (χ3n) is 2.74. The van der Waals surface area contributed by atoms with E-state index in [1.54, 1.807) is 12.3 Å². The maximum Gasteiger partial charge on any atom is 0.433 e. The molecule has 1 aromatic carbocycles. The molecule has 0 atom stereocenters. The molecule has 0 saturated carbocycles. The number of hydrogen-bond donors (Lipinski definition) is 1. The van der Waals surface area contributed by atoms with Gasteiger partial charge in [-0.15, -0.1) is 0 Å². The van der Waals surface area contributed by atoms with Crippen LogP contribution >= 0.6 is 0 Å². The van der Waals surface area contributed by atoms with Gasteiger partial charge >= 0.3 is 5.88 Å². The molecule has 0 aliphatic rings. The first-order chi connectivity index (χ1) is 9.25. The molecule has 0 bridgehead atoms. The van der Waals surface area contributed by atoms with Crippen LogP contribution in [0, 0.1) is 10.1 Å². The van der Waals surface area contributed by atoms with E-state index in [4.69, 9.17) is 4.42 Å². The maximum atomic E-state index is 10.6. The van der Waals surface area contributed by atoms with Crippen LogP contribution in [-0.4, -0.2) is 15.1 Å². The fraction of sp³-hybridized carbons (Fsp3) is 0. The lowest BCUT2D eigenvalue weighted by Crippen LogP contribution is -1.83. The predicted octanol–water partition coefficient (Wildman–Crippen LogP) is 3.24. The number of nitrogens with one attached hydrogen (secondary N) is 1. The molecule has 6 heteroatoms. The van der Waals surface area contributed by atoms with Gasteiger partial charge in [-0.3, -0.25) is 15.2 Å². The number of aromatic nitrogens is 2. The molecule has 0 amide bonds. The van der Waals surface area contributed by atoms with E-state index in [1.165, 1.54) is 6.07 Å². The summed E-state index contributed by atoms with van der Waals surface area (Å²) in [4.78, 5) is 10.1. The summed E-state index contributed by atoms with van der Waals surface area (Å²) in [5.41, 5.74) is 2.43. The lowest BCUT2D eigenvalue weighted by Gasteiger charge is -1.99. The van der Waals surface area contributed by atoms with Crippen LogP contribution in [0.15, 0.2) is 53.1 Å². The monoisotopic (exact) mass is 255 g/mol. The van der Waals surface area contributed by atoms with Crippen molar-refractivity contribution in [2.24, 2.45) is 0 Å². The van der Waals surface area contributed by atoms with Crippen molar-refractivity contribution in [1.29, 1.82) is 0 Å². The highest BCUT2D eigenvalue weighted by atomic mass is 16.6. The smallest absolute Gasteiger partial charge is 0.399 e.